The van der Waals surface area contributed by atoms with Crippen LogP contribution in [0.25, 0.3) is 0 Å². The fourth-order valence-corrected chi connectivity index (χ4v) is 0.210. The molecule has 0 heterocycles. The van der Waals surface area contributed by atoms with Crippen molar-refractivity contribution in [3.05, 3.63) is 29.8 Å². The van der Waals surface area contributed by atoms with E-state index in [0.717, 1.165) is 0 Å². The van der Waals surface area contributed by atoms with Gasteiger partial charge >= 0.3 is 5.09 Å². The van der Waals surface area contributed by atoms with Crippen molar-refractivity contribution in [2.75, 3.05) is 0 Å². The van der Waals surface area contributed by atoms with Gasteiger partial charge in [0.25, 0.3) is 11.8 Å². The lowest BCUT2D eigenvalue weighted by molar-refractivity contribution is -0.964. The quantitative estimate of drug-likeness (QED) is 0.411. The highest BCUT2D eigenvalue weighted by Crippen LogP contribution is 1.88. The van der Waals surface area contributed by atoms with Crippen molar-refractivity contribution in [3.8, 4) is 0 Å². The van der Waals surface area contributed by atoms with E-state index in [1.807, 2.05) is 0 Å². The van der Waals surface area contributed by atoms with E-state index in [9.17, 15) is 4.91 Å². The SMILES string of the molecule is C=C(N)O[N+](=O)OC(=C)N. The summed E-state index contributed by atoms with van der Waals surface area (Å²) < 4.78 is 0. The number of nitrogens with zero attached hydrogens (tertiary/aromatic N) is 1. The van der Waals surface area contributed by atoms with Crippen LogP contribution >= 0.6 is 0 Å². The van der Waals surface area contributed by atoms with Crippen molar-refractivity contribution in [1.82, 2.24) is 0 Å². The van der Waals surface area contributed by atoms with Crippen LogP contribution in [0.15, 0.2) is 24.9 Å². The van der Waals surface area contributed by atoms with Crippen molar-refractivity contribution < 1.29 is 14.8 Å². The van der Waals surface area contributed by atoms with Gasteiger partial charge in [-0.05, 0) is 13.2 Å². The van der Waals surface area contributed by atoms with Crippen molar-refractivity contribution >= 4 is 0 Å². The monoisotopic (exact) mass is 146 g/mol. The molecule has 0 aliphatic carbocycles. The summed E-state index contributed by atoms with van der Waals surface area (Å²) in [5.74, 6) is -0.590. The van der Waals surface area contributed by atoms with Crippen LogP contribution in [0.5, 0.6) is 0 Å². The summed E-state index contributed by atoms with van der Waals surface area (Å²) in [5, 5.41) is -0.301. The van der Waals surface area contributed by atoms with Crippen LogP contribution in [0.1, 0.15) is 0 Å². The molecule has 0 saturated carbocycles. The molecule has 0 radical (unpaired) electrons. The summed E-state index contributed by atoms with van der Waals surface area (Å²) in [6, 6.07) is 0. The molecule has 0 fully saturated rings. The molecule has 4 N–H and O–H groups in total. The highest BCUT2D eigenvalue weighted by Gasteiger charge is 2.13. The van der Waals surface area contributed by atoms with Gasteiger partial charge in [0.05, 0.1) is 0 Å². The maximum atomic E-state index is 10.3. The van der Waals surface area contributed by atoms with Gasteiger partial charge in [-0.1, -0.05) is 0 Å². The summed E-state index contributed by atoms with van der Waals surface area (Å²) in [6.45, 7) is 6.13. The maximum absolute atomic E-state index is 10.3. The summed E-state index contributed by atoms with van der Waals surface area (Å²) in [5.41, 5.74) is 9.72. The lowest BCUT2D eigenvalue weighted by Gasteiger charge is -1.88. The van der Waals surface area contributed by atoms with Gasteiger partial charge in [0.1, 0.15) is 4.91 Å². The maximum Gasteiger partial charge on any atom is 0.492 e. The average molecular weight is 146 g/mol. The Morgan fingerprint density at radius 1 is 1.20 bits per heavy atom. The zero-order valence-corrected chi connectivity index (χ0v) is 5.24. The molecule has 0 bridgehead atoms. The number of hydrogen-bond donors (Lipinski definition) is 2. The van der Waals surface area contributed by atoms with E-state index >= 15 is 0 Å². The highest BCUT2D eigenvalue weighted by atomic mass is 17.0. The first kappa shape index (κ1) is 8.28. The van der Waals surface area contributed by atoms with Gasteiger partial charge in [-0.3, -0.25) is 0 Å². The Morgan fingerprint density at radius 3 is 1.70 bits per heavy atom. The van der Waals surface area contributed by atoms with Crippen LogP contribution in [0, 0.1) is 4.91 Å². The van der Waals surface area contributed by atoms with E-state index in [4.69, 9.17) is 11.5 Å². The Kier molecular flexibility index (Phi) is 2.76. The van der Waals surface area contributed by atoms with Gasteiger partial charge in [-0.15, -0.1) is 9.68 Å². The van der Waals surface area contributed by atoms with Gasteiger partial charge in [0.2, 0.25) is 0 Å². The van der Waals surface area contributed by atoms with Crippen LogP contribution in [0.4, 0.5) is 0 Å². The lowest BCUT2D eigenvalue weighted by atomic mass is 11.0. The molecule has 0 unspecified atom stereocenters. The molecule has 56 valence electrons. The Bertz CT molecular complexity index is 159. The lowest BCUT2D eigenvalue weighted by Crippen LogP contribution is -2.15. The van der Waals surface area contributed by atoms with Crippen molar-refractivity contribution in [1.29, 1.82) is 0 Å². The van der Waals surface area contributed by atoms with E-state index in [2.05, 4.69) is 22.8 Å². The van der Waals surface area contributed by atoms with Crippen molar-refractivity contribution in [2.24, 2.45) is 11.5 Å². The summed E-state index contributed by atoms with van der Waals surface area (Å²) in [6.07, 6.45) is 0. The minimum Gasteiger partial charge on any atom is -0.364 e. The molecular weight excluding hydrogens is 138 g/mol. The molecule has 6 heteroatoms. The third-order valence-electron chi connectivity index (χ3n) is 0.384. The van der Waals surface area contributed by atoms with E-state index in [1.165, 1.54) is 0 Å². The first-order valence-corrected chi connectivity index (χ1v) is 2.24. The minimum absolute atomic E-state index is 0.295. The predicted octanol–water partition coefficient (Wildman–Crippen LogP) is -0.512. The number of hydrogen-bond acceptors (Lipinski definition) is 5. The van der Waals surface area contributed by atoms with E-state index in [1.54, 1.807) is 0 Å². The summed E-state index contributed by atoms with van der Waals surface area (Å²) >= 11 is 0. The van der Waals surface area contributed by atoms with Crippen LogP contribution in [0.3, 0.4) is 0 Å². The average Bonchev–Trinajstić information content (AvgIpc) is 1.58. The number of rotatable bonds is 4. The Labute approximate surface area is 57.2 Å². The summed E-state index contributed by atoms with van der Waals surface area (Å²) in [7, 11) is 0. The van der Waals surface area contributed by atoms with E-state index in [0.29, 0.717) is 0 Å². The topological polar surface area (TPSA) is 90.6 Å². The van der Waals surface area contributed by atoms with Gasteiger partial charge in [-0.2, -0.15) is 0 Å². The van der Waals surface area contributed by atoms with E-state index in [-0.39, 0.29) is 16.9 Å². The molecule has 0 aromatic heterocycles. The molecule has 0 saturated heterocycles. The molecule has 6 nitrogen and oxygen atoms in total. The Morgan fingerprint density at radius 2 is 1.50 bits per heavy atom. The standard InChI is InChI=1S/C4H8N3O3/c1-3(5)9-7(8)10-4(2)6/h1-2,5-6H2/q+1. The van der Waals surface area contributed by atoms with Gasteiger partial charge in [-0.25, -0.2) is 0 Å². The smallest absolute Gasteiger partial charge is 0.364 e. The van der Waals surface area contributed by atoms with Crippen LogP contribution in [-0.2, 0) is 9.68 Å². The fourth-order valence-electron chi connectivity index (χ4n) is 0.210. The number of nitrogens with two attached hydrogens (primary N) is 2. The van der Waals surface area contributed by atoms with Gasteiger partial charge in [0, 0.05) is 0 Å². The van der Waals surface area contributed by atoms with Crippen molar-refractivity contribution in [3.63, 3.8) is 0 Å². The first-order valence-electron chi connectivity index (χ1n) is 2.24. The first-order chi connectivity index (χ1) is 4.52. The van der Waals surface area contributed by atoms with Crippen molar-refractivity contribution in [2.45, 2.75) is 0 Å². The second kappa shape index (κ2) is 3.33. The fraction of sp³-hybridized carbons (Fsp3) is 0. The second-order valence-electron chi connectivity index (χ2n) is 1.34. The molecule has 0 aromatic rings. The largest absolute Gasteiger partial charge is 0.492 e. The van der Waals surface area contributed by atoms with Gasteiger partial charge < -0.3 is 11.5 Å². The van der Waals surface area contributed by atoms with Gasteiger partial charge in [0.15, 0.2) is 0 Å². The highest BCUT2D eigenvalue weighted by molar-refractivity contribution is 4.68. The predicted molar refractivity (Wildman–Crippen MR) is 32.5 cm³/mol. The van der Waals surface area contributed by atoms with Crippen LogP contribution < -0.4 is 11.5 Å². The zero-order chi connectivity index (χ0) is 8.15. The van der Waals surface area contributed by atoms with Crippen LogP contribution in [-0.4, -0.2) is 5.09 Å². The molecule has 0 aromatic carbocycles. The second-order valence-corrected chi connectivity index (χ2v) is 1.34. The summed E-state index contributed by atoms with van der Waals surface area (Å²) in [4.78, 5) is 18.4. The molecule has 0 atom stereocenters. The normalized spacial score (nSPS) is 8.00. The molecule has 0 spiro atoms. The molecule has 0 aliphatic heterocycles. The third kappa shape index (κ3) is 4.44. The van der Waals surface area contributed by atoms with E-state index < -0.39 is 0 Å². The molecule has 0 rings (SSSR count). The van der Waals surface area contributed by atoms with Crippen LogP contribution in [0.2, 0.25) is 0 Å². The Hall–Kier alpha value is -1.72. The minimum atomic E-state index is -0.301. The molecule has 10 heavy (non-hydrogen) atoms. The third-order valence-corrected chi connectivity index (χ3v) is 0.384. The molecule has 0 aliphatic rings. The Balaban J connectivity index is 3.65. The zero-order valence-electron chi connectivity index (χ0n) is 5.24. The molecular formula is C4H8N3O3+. The molecule has 0 amide bonds.